The van der Waals surface area contributed by atoms with Gasteiger partial charge in [0.15, 0.2) is 18.5 Å². The van der Waals surface area contributed by atoms with E-state index in [1.807, 2.05) is 0 Å². The Balaban J connectivity index is 2.49. The molecule has 0 unspecified atom stereocenters. The summed E-state index contributed by atoms with van der Waals surface area (Å²) in [6.07, 6.45) is -4.30. The summed E-state index contributed by atoms with van der Waals surface area (Å²) in [5, 5.41) is 2.58. The molecule has 1 N–H and O–H groups in total. The molecule has 11 heteroatoms. The summed E-state index contributed by atoms with van der Waals surface area (Å²) < 4.78 is 27.4. The Morgan fingerprint density at radius 2 is 1.59 bits per heavy atom. The molecule has 0 aromatic heterocycles. The lowest BCUT2D eigenvalue weighted by Crippen LogP contribution is -2.67. The van der Waals surface area contributed by atoms with E-state index in [2.05, 4.69) is 5.32 Å². The van der Waals surface area contributed by atoms with E-state index in [9.17, 15) is 24.0 Å². The number of hydrogen-bond acceptors (Lipinski definition) is 10. The lowest BCUT2D eigenvalue weighted by molar-refractivity contribution is -0.257. The summed E-state index contributed by atoms with van der Waals surface area (Å²) in [5.74, 6) is -2.42. The zero-order valence-corrected chi connectivity index (χ0v) is 18.1. The van der Waals surface area contributed by atoms with Gasteiger partial charge in [-0.3, -0.25) is 24.0 Å². The summed E-state index contributed by atoms with van der Waals surface area (Å²) in [5.41, 5.74) is 0.209. The van der Waals surface area contributed by atoms with Crippen LogP contribution in [0.25, 0.3) is 0 Å². The maximum Gasteiger partial charge on any atom is 0.303 e. The molecule has 0 spiro atoms. The Hall–Kier alpha value is -3.47. The van der Waals surface area contributed by atoms with Crippen LogP contribution in [0.2, 0.25) is 0 Å². The van der Waals surface area contributed by atoms with E-state index in [0.717, 1.165) is 13.8 Å². The highest BCUT2D eigenvalue weighted by Gasteiger charge is 2.52. The molecular formula is C21H25NO10. The summed E-state index contributed by atoms with van der Waals surface area (Å²) in [4.78, 5) is 58.2. The highest BCUT2D eigenvalue weighted by Crippen LogP contribution is 2.30. The van der Waals surface area contributed by atoms with Crippen molar-refractivity contribution < 1.29 is 47.7 Å². The van der Waals surface area contributed by atoms with Gasteiger partial charge in [0, 0.05) is 27.7 Å². The number of amides is 1. The van der Waals surface area contributed by atoms with Crippen LogP contribution in [0.3, 0.4) is 0 Å². The Kier molecular flexibility index (Phi) is 8.71. The maximum absolute atomic E-state index is 11.9. The van der Waals surface area contributed by atoms with Crippen LogP contribution < -0.4 is 10.1 Å². The van der Waals surface area contributed by atoms with Gasteiger partial charge in [-0.05, 0) is 12.1 Å². The SMILES string of the molecule is CC(=O)N[C@@H]1[C@@H](Oc2ccccc2C=O)O[C@@H](COC(C)=O)[C@@H](OC(C)=O)[C@@H]1OC(C)=O. The van der Waals surface area contributed by atoms with Crippen molar-refractivity contribution >= 4 is 30.1 Å². The first-order chi connectivity index (χ1) is 15.1. The Bertz CT molecular complexity index is 870. The quantitative estimate of drug-likeness (QED) is 0.338. The van der Waals surface area contributed by atoms with Gasteiger partial charge in [0.25, 0.3) is 0 Å². The minimum absolute atomic E-state index is 0.140. The monoisotopic (exact) mass is 451 g/mol. The molecule has 1 aromatic carbocycles. The number of ether oxygens (including phenoxy) is 5. The normalized spacial score (nSPS) is 24.6. The molecule has 1 saturated heterocycles. The minimum atomic E-state index is -1.29. The summed E-state index contributed by atoms with van der Waals surface area (Å²) >= 11 is 0. The topological polar surface area (TPSA) is 144 Å². The number of carbonyl (C=O) groups excluding carboxylic acids is 5. The first kappa shape index (κ1) is 24.8. The van der Waals surface area contributed by atoms with Crippen molar-refractivity contribution in [2.24, 2.45) is 0 Å². The number of rotatable bonds is 8. The van der Waals surface area contributed by atoms with Crippen LogP contribution in [0.4, 0.5) is 0 Å². The third kappa shape index (κ3) is 6.77. The molecule has 0 radical (unpaired) electrons. The second kappa shape index (κ2) is 11.2. The molecule has 1 aliphatic rings. The number of nitrogens with one attached hydrogen (secondary N) is 1. The molecule has 0 bridgehead atoms. The lowest BCUT2D eigenvalue weighted by atomic mass is 9.96. The molecule has 1 aliphatic heterocycles. The van der Waals surface area contributed by atoms with Gasteiger partial charge < -0.3 is 29.0 Å². The number of para-hydroxylation sites is 1. The van der Waals surface area contributed by atoms with Crippen LogP contribution in [0.15, 0.2) is 24.3 Å². The van der Waals surface area contributed by atoms with Gasteiger partial charge >= 0.3 is 17.9 Å². The summed E-state index contributed by atoms with van der Waals surface area (Å²) in [7, 11) is 0. The van der Waals surface area contributed by atoms with Crippen LogP contribution in [-0.4, -0.2) is 67.4 Å². The Labute approximate surface area is 184 Å². The highest BCUT2D eigenvalue weighted by molar-refractivity contribution is 5.79. The second-order valence-electron chi connectivity index (χ2n) is 6.99. The lowest BCUT2D eigenvalue weighted by Gasteiger charge is -2.44. The first-order valence-corrected chi connectivity index (χ1v) is 9.73. The average Bonchev–Trinajstić information content (AvgIpc) is 2.70. The van der Waals surface area contributed by atoms with E-state index >= 15 is 0 Å². The molecule has 1 aromatic rings. The molecule has 2 rings (SSSR count). The fourth-order valence-electron chi connectivity index (χ4n) is 3.20. The van der Waals surface area contributed by atoms with E-state index in [1.165, 1.54) is 26.0 Å². The molecule has 174 valence electrons. The Morgan fingerprint density at radius 1 is 0.969 bits per heavy atom. The molecule has 1 amide bonds. The standard InChI is InChI=1S/C21H25NO10/c1-11(24)22-18-20(30-14(4)27)19(29-13(3)26)17(10-28-12(2)25)32-21(18)31-16-8-6-5-7-15(16)9-23/h5-9,17-21H,10H2,1-4H3,(H,22,24)/t17-,18-,19+,20+,21-/m0/s1. The molecule has 0 aliphatic carbocycles. The predicted octanol–water partition coefficient (Wildman–Crippen LogP) is 0.534. The van der Waals surface area contributed by atoms with Gasteiger partial charge in [0.05, 0.1) is 5.56 Å². The fourth-order valence-corrected chi connectivity index (χ4v) is 3.20. The molecule has 5 atom stereocenters. The van der Waals surface area contributed by atoms with E-state index in [0.29, 0.717) is 6.29 Å². The summed E-state index contributed by atoms with van der Waals surface area (Å²) in [6, 6.07) is 5.15. The van der Waals surface area contributed by atoms with E-state index in [-0.39, 0.29) is 17.9 Å². The van der Waals surface area contributed by atoms with Crippen molar-refractivity contribution in [2.45, 2.75) is 58.3 Å². The van der Waals surface area contributed by atoms with Crippen molar-refractivity contribution in [3.63, 3.8) is 0 Å². The van der Waals surface area contributed by atoms with Crippen LogP contribution >= 0.6 is 0 Å². The van der Waals surface area contributed by atoms with Gasteiger partial charge in [-0.25, -0.2) is 0 Å². The molecular weight excluding hydrogens is 426 g/mol. The zero-order valence-electron chi connectivity index (χ0n) is 18.1. The van der Waals surface area contributed by atoms with E-state index < -0.39 is 54.5 Å². The van der Waals surface area contributed by atoms with Crippen molar-refractivity contribution in [3.8, 4) is 5.75 Å². The molecule has 0 saturated carbocycles. The second-order valence-corrected chi connectivity index (χ2v) is 6.99. The third-order valence-corrected chi connectivity index (χ3v) is 4.36. The number of aldehydes is 1. The van der Waals surface area contributed by atoms with Gasteiger partial charge in [0.1, 0.15) is 24.5 Å². The predicted molar refractivity (Wildman–Crippen MR) is 106 cm³/mol. The molecule has 1 heterocycles. The molecule has 32 heavy (non-hydrogen) atoms. The van der Waals surface area contributed by atoms with Crippen LogP contribution in [-0.2, 0) is 38.1 Å². The largest absolute Gasteiger partial charge is 0.463 e. The number of carbonyl (C=O) groups is 5. The molecule has 1 fully saturated rings. The van der Waals surface area contributed by atoms with Crippen molar-refractivity contribution in [1.82, 2.24) is 5.32 Å². The van der Waals surface area contributed by atoms with Gasteiger partial charge in [-0.15, -0.1) is 0 Å². The number of hydrogen-bond donors (Lipinski definition) is 1. The molecule has 11 nitrogen and oxygen atoms in total. The van der Waals surface area contributed by atoms with Gasteiger partial charge in [-0.2, -0.15) is 0 Å². The zero-order chi connectivity index (χ0) is 23.8. The average molecular weight is 451 g/mol. The highest BCUT2D eigenvalue weighted by atomic mass is 16.7. The van der Waals surface area contributed by atoms with Crippen molar-refractivity contribution in [3.05, 3.63) is 29.8 Å². The third-order valence-electron chi connectivity index (χ3n) is 4.36. The van der Waals surface area contributed by atoms with Gasteiger partial charge in [0.2, 0.25) is 12.2 Å². The Morgan fingerprint density at radius 3 is 2.16 bits per heavy atom. The minimum Gasteiger partial charge on any atom is -0.463 e. The fraction of sp³-hybridized carbons (Fsp3) is 0.476. The summed E-state index contributed by atoms with van der Waals surface area (Å²) in [6.45, 7) is 4.34. The number of benzene rings is 1. The first-order valence-electron chi connectivity index (χ1n) is 9.73. The van der Waals surface area contributed by atoms with Crippen molar-refractivity contribution in [1.29, 1.82) is 0 Å². The smallest absolute Gasteiger partial charge is 0.303 e. The van der Waals surface area contributed by atoms with E-state index in [4.69, 9.17) is 23.7 Å². The van der Waals surface area contributed by atoms with Crippen molar-refractivity contribution in [2.75, 3.05) is 6.61 Å². The number of esters is 3. The van der Waals surface area contributed by atoms with Crippen LogP contribution in [0.1, 0.15) is 38.1 Å². The van der Waals surface area contributed by atoms with Crippen LogP contribution in [0, 0.1) is 0 Å². The van der Waals surface area contributed by atoms with E-state index in [1.54, 1.807) is 12.1 Å². The maximum atomic E-state index is 11.9. The van der Waals surface area contributed by atoms with Gasteiger partial charge in [-0.1, -0.05) is 12.1 Å². The van der Waals surface area contributed by atoms with Crippen LogP contribution in [0.5, 0.6) is 5.75 Å².